The van der Waals surface area contributed by atoms with E-state index >= 15 is 0 Å². The zero-order valence-corrected chi connectivity index (χ0v) is 12.4. The molecule has 0 aromatic heterocycles. The number of hydrogen-bond acceptors (Lipinski definition) is 6. The minimum Gasteiger partial charge on any atom is -0.744 e. The zero-order valence-electron chi connectivity index (χ0n) is 11.5. The van der Waals surface area contributed by atoms with E-state index in [9.17, 15) is 28.3 Å². The lowest BCUT2D eigenvalue weighted by atomic mass is 10.0. The van der Waals surface area contributed by atoms with E-state index < -0.39 is 19.9 Å². The van der Waals surface area contributed by atoms with Gasteiger partial charge in [0.1, 0.15) is 10.1 Å². The van der Waals surface area contributed by atoms with Crippen molar-refractivity contribution in [3.05, 3.63) is 69.8 Å². The Hall–Kier alpha value is -3.02. The van der Waals surface area contributed by atoms with Gasteiger partial charge < -0.3 is 4.55 Å². The highest BCUT2D eigenvalue weighted by Gasteiger charge is 2.10. The van der Waals surface area contributed by atoms with Crippen molar-refractivity contribution in [2.75, 3.05) is 0 Å². The first-order chi connectivity index (χ1) is 10.8. The summed E-state index contributed by atoms with van der Waals surface area (Å²) in [5, 5.41) is 19.9. The number of nitrogens with zero attached hydrogens (tertiary/aromatic N) is 2. The number of allylic oxidation sites excluding steroid dienone is 1. The SMILES string of the molecule is N#CC(=Cc1ccccc1S(=O)(=O)[O-])c1ccc([N+](=O)[O-])cc1. The van der Waals surface area contributed by atoms with Crippen LogP contribution in [0.25, 0.3) is 11.6 Å². The fraction of sp³-hybridized carbons (Fsp3) is 0. The summed E-state index contributed by atoms with van der Waals surface area (Å²) in [5.41, 5.74) is 0.401. The quantitative estimate of drug-likeness (QED) is 0.279. The van der Waals surface area contributed by atoms with Gasteiger partial charge in [-0.15, -0.1) is 0 Å². The lowest BCUT2D eigenvalue weighted by molar-refractivity contribution is -0.384. The van der Waals surface area contributed by atoms with Crippen molar-refractivity contribution in [2.24, 2.45) is 0 Å². The van der Waals surface area contributed by atoms with Crippen molar-refractivity contribution in [1.82, 2.24) is 0 Å². The summed E-state index contributed by atoms with van der Waals surface area (Å²) in [6.45, 7) is 0. The lowest BCUT2D eigenvalue weighted by Crippen LogP contribution is -2.01. The van der Waals surface area contributed by atoms with Crippen LogP contribution in [0.1, 0.15) is 11.1 Å². The standard InChI is InChI=1S/C15H10N2O5S/c16-10-13(11-5-7-14(8-6-11)17(18)19)9-12-3-1-2-4-15(12)23(20,21)22/h1-9H,(H,20,21,22)/p-1. The number of rotatable bonds is 4. The van der Waals surface area contributed by atoms with E-state index in [1.165, 1.54) is 48.5 Å². The van der Waals surface area contributed by atoms with Gasteiger partial charge in [0, 0.05) is 12.1 Å². The molecule has 23 heavy (non-hydrogen) atoms. The Balaban J connectivity index is 2.53. The Labute approximate surface area is 132 Å². The molecular weight excluding hydrogens is 320 g/mol. The van der Waals surface area contributed by atoms with Crippen LogP contribution in [0.4, 0.5) is 5.69 Å². The third-order valence-corrected chi connectivity index (χ3v) is 3.91. The topological polar surface area (TPSA) is 124 Å². The van der Waals surface area contributed by atoms with Gasteiger partial charge in [-0.05, 0) is 35.4 Å². The van der Waals surface area contributed by atoms with Gasteiger partial charge in [-0.3, -0.25) is 10.1 Å². The van der Waals surface area contributed by atoms with Crippen molar-refractivity contribution < 1.29 is 17.9 Å². The van der Waals surface area contributed by atoms with Gasteiger partial charge >= 0.3 is 0 Å². The second-order valence-electron chi connectivity index (χ2n) is 4.47. The monoisotopic (exact) mass is 329 g/mol. The lowest BCUT2D eigenvalue weighted by Gasteiger charge is -2.10. The Bertz CT molecular complexity index is 925. The maximum absolute atomic E-state index is 11.2. The molecule has 0 atom stereocenters. The summed E-state index contributed by atoms with van der Waals surface area (Å²) in [4.78, 5) is 9.62. The van der Waals surface area contributed by atoms with Crippen LogP contribution in [0.15, 0.2) is 53.4 Å². The van der Waals surface area contributed by atoms with Gasteiger partial charge in [0.2, 0.25) is 0 Å². The molecule has 2 aromatic rings. The highest BCUT2D eigenvalue weighted by atomic mass is 32.2. The van der Waals surface area contributed by atoms with Crippen molar-refractivity contribution >= 4 is 27.5 Å². The maximum Gasteiger partial charge on any atom is 0.269 e. The minimum absolute atomic E-state index is 0.0796. The molecule has 0 aliphatic carbocycles. The third-order valence-electron chi connectivity index (χ3n) is 3.00. The normalized spacial score (nSPS) is 11.7. The first kappa shape index (κ1) is 16.4. The van der Waals surface area contributed by atoms with Gasteiger partial charge in [0.15, 0.2) is 0 Å². The number of hydrogen-bond donors (Lipinski definition) is 0. The molecule has 0 N–H and O–H groups in total. The first-order valence-electron chi connectivity index (χ1n) is 6.24. The van der Waals surface area contributed by atoms with E-state index in [0.717, 1.165) is 6.07 Å². The summed E-state index contributed by atoms with van der Waals surface area (Å²) in [6, 6.07) is 12.6. The predicted octanol–water partition coefficient (Wildman–Crippen LogP) is 2.56. The van der Waals surface area contributed by atoms with Crippen LogP contribution in [0.3, 0.4) is 0 Å². The molecular formula is C15H9N2O5S-. The molecule has 0 radical (unpaired) electrons. The largest absolute Gasteiger partial charge is 0.744 e. The molecule has 0 spiro atoms. The second-order valence-corrected chi connectivity index (χ2v) is 5.81. The number of nitro groups is 1. The molecule has 7 nitrogen and oxygen atoms in total. The molecule has 0 aliphatic rings. The van der Waals surface area contributed by atoms with Crippen LogP contribution in [-0.4, -0.2) is 17.9 Å². The molecule has 0 amide bonds. The van der Waals surface area contributed by atoms with Crippen LogP contribution in [0.2, 0.25) is 0 Å². The van der Waals surface area contributed by atoms with Crippen LogP contribution in [-0.2, 0) is 10.1 Å². The Kier molecular flexibility index (Phi) is 4.55. The molecule has 0 heterocycles. The van der Waals surface area contributed by atoms with Crippen molar-refractivity contribution in [2.45, 2.75) is 4.90 Å². The van der Waals surface area contributed by atoms with Crippen molar-refractivity contribution in [3.8, 4) is 6.07 Å². The van der Waals surface area contributed by atoms with Gasteiger partial charge in [-0.2, -0.15) is 5.26 Å². The fourth-order valence-electron chi connectivity index (χ4n) is 1.93. The number of nitro benzene ring substituents is 1. The molecule has 2 rings (SSSR count). The molecule has 0 aliphatic heterocycles. The maximum atomic E-state index is 11.2. The average molecular weight is 329 g/mol. The van der Waals surface area contributed by atoms with E-state index in [1.807, 2.05) is 6.07 Å². The summed E-state index contributed by atoms with van der Waals surface area (Å²) in [7, 11) is -4.68. The van der Waals surface area contributed by atoms with Crippen LogP contribution >= 0.6 is 0 Å². The van der Waals surface area contributed by atoms with Gasteiger partial charge in [-0.1, -0.05) is 18.2 Å². The molecule has 0 saturated carbocycles. The van der Waals surface area contributed by atoms with Gasteiger partial charge in [0.25, 0.3) is 5.69 Å². The summed E-state index contributed by atoms with van der Waals surface area (Å²) in [6.07, 6.45) is 1.26. The first-order valence-corrected chi connectivity index (χ1v) is 7.65. The average Bonchev–Trinajstić information content (AvgIpc) is 2.52. The molecule has 2 aromatic carbocycles. The fourth-order valence-corrected chi connectivity index (χ4v) is 2.59. The van der Waals surface area contributed by atoms with Gasteiger partial charge in [-0.25, -0.2) is 8.42 Å². The van der Waals surface area contributed by atoms with Crippen molar-refractivity contribution in [3.63, 3.8) is 0 Å². The molecule has 8 heteroatoms. The molecule has 0 fully saturated rings. The summed E-state index contributed by atoms with van der Waals surface area (Å²) in [5.74, 6) is 0. The van der Waals surface area contributed by atoms with Crippen LogP contribution in [0.5, 0.6) is 0 Å². The summed E-state index contributed by atoms with van der Waals surface area (Å²) >= 11 is 0. The highest BCUT2D eigenvalue weighted by Crippen LogP contribution is 2.24. The smallest absolute Gasteiger partial charge is 0.269 e. The Morgan fingerprint density at radius 1 is 1.13 bits per heavy atom. The zero-order chi connectivity index (χ0) is 17.0. The number of benzene rings is 2. The van der Waals surface area contributed by atoms with Crippen LogP contribution in [0, 0.1) is 21.4 Å². The van der Waals surface area contributed by atoms with Crippen LogP contribution < -0.4 is 0 Å². The van der Waals surface area contributed by atoms with E-state index in [2.05, 4.69) is 0 Å². The van der Waals surface area contributed by atoms with E-state index in [1.54, 1.807) is 0 Å². The van der Waals surface area contributed by atoms with E-state index in [4.69, 9.17) is 0 Å². The summed E-state index contributed by atoms with van der Waals surface area (Å²) < 4.78 is 33.7. The third kappa shape index (κ3) is 3.79. The molecule has 0 bridgehead atoms. The second kappa shape index (κ2) is 6.39. The number of nitriles is 1. The minimum atomic E-state index is -4.68. The highest BCUT2D eigenvalue weighted by molar-refractivity contribution is 7.85. The van der Waals surface area contributed by atoms with Crippen molar-refractivity contribution in [1.29, 1.82) is 5.26 Å². The number of non-ortho nitro benzene ring substituents is 1. The molecule has 0 unspecified atom stereocenters. The van der Waals surface area contributed by atoms with Gasteiger partial charge in [0.05, 0.1) is 21.5 Å². The molecule has 0 saturated heterocycles. The Morgan fingerprint density at radius 3 is 2.26 bits per heavy atom. The Morgan fingerprint density at radius 2 is 1.74 bits per heavy atom. The van der Waals surface area contributed by atoms with E-state index in [-0.39, 0.29) is 16.8 Å². The predicted molar refractivity (Wildman–Crippen MR) is 81.0 cm³/mol. The van der Waals surface area contributed by atoms with E-state index in [0.29, 0.717) is 5.56 Å². The molecule has 116 valence electrons.